The molecule has 186 valence electrons. The Balaban J connectivity index is 1.77. The molecular formula is C26H23Cl2N3O4S. The highest BCUT2D eigenvalue weighted by atomic mass is 35.5. The summed E-state index contributed by atoms with van der Waals surface area (Å²) < 4.78 is 10.1. The molecule has 1 aliphatic heterocycles. The monoisotopic (exact) mass is 543 g/mol. The third-order valence-electron chi connectivity index (χ3n) is 5.80. The van der Waals surface area contributed by atoms with Crippen LogP contribution in [0.4, 0.5) is 10.8 Å². The lowest BCUT2D eigenvalue weighted by atomic mass is 9.79. The summed E-state index contributed by atoms with van der Waals surface area (Å²) in [5.41, 5.74) is 4.80. The number of dihydropyridines is 1. The number of carbonyl (C=O) groups excluding carboxylic acids is 2. The van der Waals surface area contributed by atoms with Crippen LogP contribution in [0.1, 0.15) is 25.3 Å². The average Bonchev–Trinajstić information content (AvgIpc) is 3.33. The first-order chi connectivity index (χ1) is 17.2. The van der Waals surface area contributed by atoms with Gasteiger partial charge in [-0.05, 0) is 37.6 Å². The Morgan fingerprint density at radius 3 is 2.22 bits per heavy atom. The van der Waals surface area contributed by atoms with Crippen molar-refractivity contribution >= 4 is 57.3 Å². The van der Waals surface area contributed by atoms with E-state index in [4.69, 9.17) is 32.7 Å². The fraction of sp³-hybridized carbons (Fsp3) is 0.192. The number of aromatic nitrogens is 1. The van der Waals surface area contributed by atoms with Gasteiger partial charge < -0.3 is 20.1 Å². The summed E-state index contributed by atoms with van der Waals surface area (Å²) in [5, 5.41) is 9.91. The highest BCUT2D eigenvalue weighted by Crippen LogP contribution is 2.43. The number of hydrogen-bond donors (Lipinski definition) is 2. The Bertz CT molecular complexity index is 1380. The second kappa shape index (κ2) is 10.7. The Labute approximate surface area is 222 Å². The molecule has 1 aliphatic rings. The molecule has 3 aromatic rings. The van der Waals surface area contributed by atoms with Gasteiger partial charge >= 0.3 is 11.9 Å². The highest BCUT2D eigenvalue weighted by Gasteiger charge is 2.38. The summed E-state index contributed by atoms with van der Waals surface area (Å²) in [5.74, 6) is -1.79. The van der Waals surface area contributed by atoms with Crippen LogP contribution < -0.4 is 10.6 Å². The van der Waals surface area contributed by atoms with Gasteiger partial charge in [-0.25, -0.2) is 14.6 Å². The number of benzene rings is 2. The number of thiazole rings is 1. The molecule has 0 saturated heterocycles. The van der Waals surface area contributed by atoms with Crippen LogP contribution in [0, 0.1) is 0 Å². The molecule has 0 atom stereocenters. The van der Waals surface area contributed by atoms with Gasteiger partial charge in [0, 0.05) is 28.0 Å². The maximum absolute atomic E-state index is 12.9. The standard InChI is InChI=1S/C26H23Cl2N3O4S/c1-13-21(24(32)34-3)23(22(14(2)29-13)25(33)35-4)16-7-5-6-8-19(16)30-26-31-20(12-36-26)15-9-10-17(27)18(28)11-15/h5-12,23,29H,1-4H3,(H,30,31). The van der Waals surface area contributed by atoms with Crippen molar-refractivity contribution in [3.63, 3.8) is 0 Å². The number of ether oxygens (including phenoxy) is 2. The van der Waals surface area contributed by atoms with Crippen molar-refractivity contribution in [3.8, 4) is 11.3 Å². The number of halogens is 2. The van der Waals surface area contributed by atoms with E-state index < -0.39 is 17.9 Å². The van der Waals surface area contributed by atoms with E-state index in [2.05, 4.69) is 15.6 Å². The number of nitrogens with one attached hydrogen (secondary N) is 2. The van der Waals surface area contributed by atoms with Crippen molar-refractivity contribution in [1.82, 2.24) is 10.3 Å². The fourth-order valence-electron chi connectivity index (χ4n) is 4.16. The van der Waals surface area contributed by atoms with Gasteiger partial charge in [0.25, 0.3) is 0 Å². The predicted molar refractivity (Wildman–Crippen MR) is 143 cm³/mol. The summed E-state index contributed by atoms with van der Waals surface area (Å²) in [6.07, 6.45) is 0. The van der Waals surface area contributed by atoms with Crippen LogP contribution in [-0.4, -0.2) is 31.1 Å². The molecule has 0 fully saturated rings. The van der Waals surface area contributed by atoms with Crippen LogP contribution in [0.15, 0.2) is 70.4 Å². The lowest BCUT2D eigenvalue weighted by Crippen LogP contribution is -2.32. The van der Waals surface area contributed by atoms with Gasteiger partial charge in [-0.2, -0.15) is 0 Å². The molecule has 0 radical (unpaired) electrons. The van der Waals surface area contributed by atoms with Crippen LogP contribution in [-0.2, 0) is 19.1 Å². The zero-order valence-electron chi connectivity index (χ0n) is 19.9. The predicted octanol–water partition coefficient (Wildman–Crippen LogP) is 6.44. The van der Waals surface area contributed by atoms with Crippen molar-refractivity contribution in [1.29, 1.82) is 0 Å². The molecule has 1 aromatic heterocycles. The minimum Gasteiger partial charge on any atom is -0.466 e. The smallest absolute Gasteiger partial charge is 0.336 e. The molecule has 36 heavy (non-hydrogen) atoms. The molecule has 2 heterocycles. The summed E-state index contributed by atoms with van der Waals surface area (Å²) in [6.45, 7) is 3.55. The summed E-state index contributed by atoms with van der Waals surface area (Å²) in [6, 6.07) is 12.8. The van der Waals surface area contributed by atoms with Gasteiger partial charge in [0.15, 0.2) is 5.13 Å². The molecule has 2 aromatic carbocycles. The zero-order chi connectivity index (χ0) is 26.0. The van der Waals surface area contributed by atoms with E-state index in [9.17, 15) is 9.59 Å². The highest BCUT2D eigenvalue weighted by molar-refractivity contribution is 7.14. The van der Waals surface area contributed by atoms with Crippen LogP contribution >= 0.6 is 34.5 Å². The number of hydrogen-bond acceptors (Lipinski definition) is 8. The molecule has 7 nitrogen and oxygen atoms in total. The number of para-hydroxylation sites is 1. The van der Waals surface area contributed by atoms with Gasteiger partial charge in [0.2, 0.25) is 0 Å². The van der Waals surface area contributed by atoms with E-state index in [1.807, 2.05) is 35.7 Å². The molecule has 0 aliphatic carbocycles. The van der Waals surface area contributed by atoms with Crippen molar-refractivity contribution in [2.24, 2.45) is 0 Å². The van der Waals surface area contributed by atoms with Gasteiger partial charge in [-0.15, -0.1) is 11.3 Å². The normalized spacial score (nSPS) is 13.9. The molecule has 2 N–H and O–H groups in total. The average molecular weight is 544 g/mol. The summed E-state index contributed by atoms with van der Waals surface area (Å²) in [4.78, 5) is 30.4. The van der Waals surface area contributed by atoms with E-state index >= 15 is 0 Å². The molecule has 0 saturated carbocycles. The van der Waals surface area contributed by atoms with E-state index in [1.165, 1.54) is 25.6 Å². The number of allylic oxidation sites excluding steroid dienone is 2. The number of rotatable bonds is 6. The van der Waals surface area contributed by atoms with Gasteiger partial charge in [-0.3, -0.25) is 0 Å². The first-order valence-corrected chi connectivity index (χ1v) is 12.5. The number of nitrogens with zero attached hydrogens (tertiary/aromatic N) is 1. The Kier molecular flexibility index (Phi) is 7.68. The van der Waals surface area contributed by atoms with Crippen molar-refractivity contribution in [2.75, 3.05) is 19.5 Å². The molecule has 10 heteroatoms. The van der Waals surface area contributed by atoms with Crippen molar-refractivity contribution in [2.45, 2.75) is 19.8 Å². The Morgan fingerprint density at radius 1 is 0.972 bits per heavy atom. The summed E-state index contributed by atoms with van der Waals surface area (Å²) in [7, 11) is 2.62. The maximum Gasteiger partial charge on any atom is 0.336 e. The van der Waals surface area contributed by atoms with E-state index in [1.54, 1.807) is 26.0 Å². The third-order valence-corrected chi connectivity index (χ3v) is 7.30. The number of methoxy groups -OCH3 is 2. The quantitative estimate of drug-likeness (QED) is 0.345. The van der Waals surface area contributed by atoms with Gasteiger partial charge in [0.1, 0.15) is 0 Å². The van der Waals surface area contributed by atoms with Crippen LogP contribution in [0.5, 0.6) is 0 Å². The van der Waals surface area contributed by atoms with Crippen LogP contribution in [0.3, 0.4) is 0 Å². The van der Waals surface area contributed by atoms with Crippen molar-refractivity contribution < 1.29 is 19.1 Å². The molecular weight excluding hydrogens is 521 g/mol. The first kappa shape index (κ1) is 25.8. The van der Waals surface area contributed by atoms with E-state index in [0.717, 1.165) is 11.3 Å². The van der Waals surface area contributed by atoms with Crippen LogP contribution in [0.25, 0.3) is 11.3 Å². The third kappa shape index (κ3) is 4.97. The van der Waals surface area contributed by atoms with E-state index in [0.29, 0.717) is 49.0 Å². The minimum absolute atomic E-state index is 0.327. The molecule has 0 unspecified atom stereocenters. The van der Waals surface area contributed by atoms with Crippen molar-refractivity contribution in [3.05, 3.63) is 86.0 Å². The fourth-order valence-corrected chi connectivity index (χ4v) is 5.19. The molecule has 0 spiro atoms. The Hall–Kier alpha value is -3.33. The summed E-state index contributed by atoms with van der Waals surface area (Å²) >= 11 is 13.6. The zero-order valence-corrected chi connectivity index (χ0v) is 22.3. The second-order valence-electron chi connectivity index (χ2n) is 8.00. The van der Waals surface area contributed by atoms with Gasteiger partial charge in [0.05, 0.1) is 47.0 Å². The maximum atomic E-state index is 12.9. The minimum atomic E-state index is -0.718. The number of carbonyl (C=O) groups is 2. The number of anilines is 2. The SMILES string of the molecule is COC(=O)C1=C(C)NC(C)=C(C(=O)OC)C1c1ccccc1Nc1nc(-c2ccc(Cl)c(Cl)c2)cs1. The molecule has 4 rings (SSSR count). The topological polar surface area (TPSA) is 89.5 Å². The van der Waals surface area contributed by atoms with Gasteiger partial charge in [-0.1, -0.05) is 47.5 Å². The number of esters is 2. The second-order valence-corrected chi connectivity index (χ2v) is 9.67. The largest absolute Gasteiger partial charge is 0.466 e. The Morgan fingerprint density at radius 2 is 1.61 bits per heavy atom. The van der Waals surface area contributed by atoms with E-state index in [-0.39, 0.29) is 0 Å². The molecule has 0 bridgehead atoms. The first-order valence-electron chi connectivity index (χ1n) is 10.9. The van der Waals surface area contributed by atoms with Crippen LogP contribution in [0.2, 0.25) is 10.0 Å². The lowest BCUT2D eigenvalue weighted by molar-refractivity contribution is -0.137. The molecule has 0 amide bonds. The lowest BCUT2D eigenvalue weighted by Gasteiger charge is -2.31.